The van der Waals surface area contributed by atoms with E-state index in [0.717, 1.165) is 11.4 Å². The van der Waals surface area contributed by atoms with Gasteiger partial charge in [-0.25, -0.2) is 0 Å². The van der Waals surface area contributed by atoms with E-state index in [9.17, 15) is 0 Å². The van der Waals surface area contributed by atoms with Gasteiger partial charge in [-0.2, -0.15) is 0 Å². The Morgan fingerprint density at radius 1 is 0.333 bits per heavy atom. The quantitative estimate of drug-likeness (QED) is 0.193. The lowest BCUT2D eigenvalue weighted by Gasteiger charge is -2.11. The maximum atomic E-state index is 3.67. The van der Waals surface area contributed by atoms with Crippen LogP contribution in [0.2, 0.25) is 0 Å². The molecule has 0 aliphatic rings. The van der Waals surface area contributed by atoms with Gasteiger partial charge in [0.2, 0.25) is 0 Å². The van der Waals surface area contributed by atoms with Crippen molar-refractivity contribution in [2.45, 2.75) is 0 Å². The van der Waals surface area contributed by atoms with Crippen LogP contribution in [0.1, 0.15) is 0 Å². The number of fused-ring (bicyclic) bond motifs is 4. The lowest BCUT2D eigenvalue weighted by atomic mass is 9.95. The molecular formula is C46H31NS. The summed E-state index contributed by atoms with van der Waals surface area (Å²) in [4.78, 5) is 0. The summed E-state index contributed by atoms with van der Waals surface area (Å²) >= 11 is 1.84. The van der Waals surface area contributed by atoms with E-state index in [0.29, 0.717) is 0 Å². The lowest BCUT2D eigenvalue weighted by Crippen LogP contribution is -1.91. The minimum atomic E-state index is 1.08. The Morgan fingerprint density at radius 3 is 1.42 bits per heavy atom. The van der Waals surface area contributed by atoms with E-state index >= 15 is 0 Å². The molecule has 0 unspecified atom stereocenters. The normalized spacial score (nSPS) is 11.3. The van der Waals surface area contributed by atoms with Crippen LogP contribution in [-0.2, 0) is 0 Å². The third kappa shape index (κ3) is 5.23. The first-order chi connectivity index (χ1) is 23.8. The van der Waals surface area contributed by atoms with Crippen LogP contribution < -0.4 is 5.32 Å². The van der Waals surface area contributed by atoms with Crippen LogP contribution in [0.15, 0.2) is 182 Å². The third-order valence-electron chi connectivity index (χ3n) is 9.32. The summed E-state index contributed by atoms with van der Waals surface area (Å²) in [5, 5.41) is 8.83. The Bertz CT molecular complexity index is 2540. The lowest BCUT2D eigenvalue weighted by molar-refractivity contribution is 1.55. The van der Waals surface area contributed by atoms with Crippen LogP contribution in [0.5, 0.6) is 0 Å². The second-order valence-corrected chi connectivity index (χ2v) is 13.3. The van der Waals surface area contributed by atoms with Crippen molar-refractivity contribution in [3.8, 4) is 44.5 Å². The molecular weight excluding hydrogens is 599 g/mol. The highest BCUT2D eigenvalue weighted by Gasteiger charge is 2.10. The van der Waals surface area contributed by atoms with Crippen LogP contribution in [0.3, 0.4) is 0 Å². The molecule has 1 heterocycles. The number of rotatable bonds is 6. The Kier molecular flexibility index (Phi) is 7.07. The van der Waals surface area contributed by atoms with Crippen molar-refractivity contribution < 1.29 is 0 Å². The summed E-state index contributed by atoms with van der Waals surface area (Å²) < 4.78 is 2.62. The molecule has 2 heteroatoms. The number of hydrogen-bond donors (Lipinski definition) is 1. The molecule has 0 bridgehead atoms. The number of benzene rings is 8. The second-order valence-electron chi connectivity index (χ2n) is 12.2. The first-order valence-electron chi connectivity index (χ1n) is 16.3. The fraction of sp³-hybridized carbons (Fsp3) is 0. The molecule has 48 heavy (non-hydrogen) atoms. The highest BCUT2D eigenvalue weighted by atomic mass is 32.1. The van der Waals surface area contributed by atoms with Crippen LogP contribution in [-0.4, -0.2) is 0 Å². The Hall–Kier alpha value is -5.96. The minimum absolute atomic E-state index is 1.08. The molecule has 1 nitrogen and oxygen atoms in total. The van der Waals surface area contributed by atoms with E-state index in [1.807, 2.05) is 11.3 Å². The maximum absolute atomic E-state index is 3.67. The molecule has 0 saturated heterocycles. The van der Waals surface area contributed by atoms with Gasteiger partial charge in [-0.3, -0.25) is 0 Å². The smallest absolute Gasteiger partial charge is 0.0478 e. The first-order valence-corrected chi connectivity index (χ1v) is 17.2. The zero-order chi connectivity index (χ0) is 31.9. The predicted molar refractivity (Wildman–Crippen MR) is 208 cm³/mol. The van der Waals surface area contributed by atoms with Crippen molar-refractivity contribution in [3.05, 3.63) is 182 Å². The summed E-state index contributed by atoms with van der Waals surface area (Å²) in [5.74, 6) is 0. The molecule has 1 N–H and O–H groups in total. The van der Waals surface area contributed by atoms with Crippen molar-refractivity contribution in [2.75, 3.05) is 5.32 Å². The molecule has 0 fully saturated rings. The van der Waals surface area contributed by atoms with Crippen molar-refractivity contribution in [2.24, 2.45) is 0 Å². The van der Waals surface area contributed by atoms with Gasteiger partial charge in [0.15, 0.2) is 0 Å². The molecule has 0 saturated carbocycles. The largest absolute Gasteiger partial charge is 0.355 e. The number of nitrogens with one attached hydrogen (secondary N) is 1. The maximum Gasteiger partial charge on any atom is 0.0478 e. The average molecular weight is 630 g/mol. The van der Waals surface area contributed by atoms with Crippen molar-refractivity contribution >= 4 is 53.7 Å². The predicted octanol–water partition coefficient (Wildman–Crippen LogP) is 13.6. The topological polar surface area (TPSA) is 12.0 Å². The van der Waals surface area contributed by atoms with Crippen molar-refractivity contribution in [1.29, 1.82) is 0 Å². The zero-order valence-electron chi connectivity index (χ0n) is 26.2. The van der Waals surface area contributed by atoms with Crippen LogP contribution in [0.25, 0.3) is 75.5 Å². The van der Waals surface area contributed by atoms with Gasteiger partial charge in [0.05, 0.1) is 0 Å². The summed E-state index contributed by atoms with van der Waals surface area (Å²) in [7, 11) is 0. The average Bonchev–Trinajstić information content (AvgIpc) is 3.55. The van der Waals surface area contributed by atoms with Crippen molar-refractivity contribution in [3.63, 3.8) is 0 Å². The molecule has 226 valence electrons. The fourth-order valence-corrected chi connectivity index (χ4v) is 7.94. The molecule has 0 radical (unpaired) electrons. The summed E-state index contributed by atoms with van der Waals surface area (Å²) in [5.41, 5.74) is 12.0. The Balaban J connectivity index is 0.901. The monoisotopic (exact) mass is 629 g/mol. The van der Waals surface area contributed by atoms with Gasteiger partial charge < -0.3 is 5.32 Å². The van der Waals surface area contributed by atoms with Gasteiger partial charge in [0.1, 0.15) is 0 Å². The SMILES string of the molecule is c1ccc2c(-c3ccc(-c4ccc(-c5ccc(-c6ccc(Nc7cccc8sc9ccccc9c78)cc6)cc5)cc4)cc3)cccc2c1. The second kappa shape index (κ2) is 12.0. The van der Waals surface area contributed by atoms with Gasteiger partial charge in [-0.05, 0) is 85.6 Å². The number of hydrogen-bond acceptors (Lipinski definition) is 2. The summed E-state index contributed by atoms with van der Waals surface area (Å²) in [6.07, 6.45) is 0. The van der Waals surface area contributed by atoms with E-state index in [-0.39, 0.29) is 0 Å². The van der Waals surface area contributed by atoms with Gasteiger partial charge in [-0.1, -0.05) is 152 Å². The molecule has 8 aromatic carbocycles. The Labute approximate surface area is 284 Å². The van der Waals surface area contributed by atoms with Gasteiger partial charge in [0.25, 0.3) is 0 Å². The first kappa shape index (κ1) is 28.3. The molecule has 0 atom stereocenters. The zero-order valence-corrected chi connectivity index (χ0v) is 27.0. The van der Waals surface area contributed by atoms with E-state index in [2.05, 4.69) is 187 Å². The molecule has 0 amide bonds. The van der Waals surface area contributed by atoms with Crippen molar-refractivity contribution in [1.82, 2.24) is 0 Å². The van der Waals surface area contributed by atoms with Gasteiger partial charge in [0, 0.05) is 31.5 Å². The highest BCUT2D eigenvalue weighted by molar-refractivity contribution is 7.26. The minimum Gasteiger partial charge on any atom is -0.355 e. The molecule has 0 aliphatic carbocycles. The van der Waals surface area contributed by atoms with Crippen LogP contribution >= 0.6 is 11.3 Å². The number of anilines is 2. The molecule has 9 aromatic rings. The van der Waals surface area contributed by atoms with Crippen LogP contribution in [0.4, 0.5) is 11.4 Å². The molecule has 0 aliphatic heterocycles. The third-order valence-corrected chi connectivity index (χ3v) is 10.5. The molecule has 9 rings (SSSR count). The molecule has 1 aromatic heterocycles. The van der Waals surface area contributed by atoms with E-state index in [1.165, 1.54) is 75.5 Å². The Morgan fingerprint density at radius 2 is 0.792 bits per heavy atom. The summed E-state index contributed by atoms with van der Waals surface area (Å²) in [6, 6.07) is 65.7. The van der Waals surface area contributed by atoms with Crippen LogP contribution in [0, 0.1) is 0 Å². The van der Waals surface area contributed by atoms with Gasteiger partial charge in [-0.15, -0.1) is 11.3 Å². The summed E-state index contributed by atoms with van der Waals surface area (Å²) in [6.45, 7) is 0. The highest BCUT2D eigenvalue weighted by Crippen LogP contribution is 2.39. The van der Waals surface area contributed by atoms with E-state index in [1.54, 1.807) is 0 Å². The standard InChI is InChI=1S/C46H31NS/c1-2-9-40-37(7-1)8-5-11-41(40)38-25-23-35(24-26-38)33-17-15-31(16-18-33)32-19-21-34(22-20-32)36-27-29-39(30-28-36)47-43-12-6-14-45-46(43)42-10-3-4-13-44(42)48-45/h1-30,47H. The fourth-order valence-electron chi connectivity index (χ4n) is 6.81. The van der Waals surface area contributed by atoms with Gasteiger partial charge >= 0.3 is 0 Å². The van der Waals surface area contributed by atoms with E-state index in [4.69, 9.17) is 0 Å². The number of thiophene rings is 1. The van der Waals surface area contributed by atoms with E-state index < -0.39 is 0 Å². The molecule has 0 spiro atoms.